The van der Waals surface area contributed by atoms with Gasteiger partial charge in [0.2, 0.25) is 0 Å². The zero-order valence-electron chi connectivity index (χ0n) is 10.7. The minimum atomic E-state index is -0.604. The van der Waals surface area contributed by atoms with Crippen molar-refractivity contribution in [3.8, 4) is 0 Å². The van der Waals surface area contributed by atoms with Crippen LogP contribution in [0.2, 0.25) is 0 Å². The van der Waals surface area contributed by atoms with Crippen molar-refractivity contribution in [2.75, 3.05) is 0 Å². The van der Waals surface area contributed by atoms with E-state index in [1.54, 1.807) is 0 Å². The van der Waals surface area contributed by atoms with E-state index < -0.39 is 11.4 Å². The van der Waals surface area contributed by atoms with Crippen LogP contribution in [0.5, 0.6) is 0 Å². The molecule has 0 radical (unpaired) electrons. The Morgan fingerprint density at radius 3 is 2.67 bits per heavy atom. The summed E-state index contributed by atoms with van der Waals surface area (Å²) in [6.45, 7) is 2.14. The van der Waals surface area contributed by atoms with E-state index in [1.165, 1.54) is 0 Å². The van der Waals surface area contributed by atoms with Gasteiger partial charge in [0.05, 0.1) is 29.8 Å². The van der Waals surface area contributed by atoms with Crippen LogP contribution in [-0.2, 0) is 14.3 Å². The second kappa shape index (κ2) is 3.48. The van der Waals surface area contributed by atoms with Crippen molar-refractivity contribution in [2.45, 2.75) is 63.4 Å². The van der Waals surface area contributed by atoms with Crippen LogP contribution in [0.4, 0.5) is 0 Å². The zero-order valence-corrected chi connectivity index (χ0v) is 10.7. The van der Waals surface area contributed by atoms with Crippen molar-refractivity contribution in [3.63, 3.8) is 0 Å². The fraction of sp³-hybridized carbons (Fsp3) is 0.929. The molecule has 100 valence electrons. The first-order valence-electron chi connectivity index (χ1n) is 7.14. The molecule has 4 rings (SSSR count). The molecule has 2 aliphatic carbocycles. The molecule has 7 atom stereocenters. The average Bonchev–Trinajstić information content (AvgIpc) is 3.21. The molecule has 4 heteroatoms. The van der Waals surface area contributed by atoms with E-state index in [1.807, 2.05) is 0 Å². The minimum absolute atomic E-state index is 0.211. The Kier molecular flexibility index (Phi) is 2.17. The molecule has 7 unspecified atom stereocenters. The fourth-order valence-electron chi connectivity index (χ4n) is 4.54. The lowest BCUT2D eigenvalue weighted by Gasteiger charge is -2.41. The van der Waals surface area contributed by atoms with Crippen molar-refractivity contribution < 1.29 is 19.4 Å². The van der Waals surface area contributed by atoms with Gasteiger partial charge in [0, 0.05) is 0 Å². The van der Waals surface area contributed by atoms with Crippen LogP contribution in [-0.4, -0.2) is 35.5 Å². The minimum Gasteiger partial charge on any atom is -0.481 e. The highest BCUT2D eigenvalue weighted by Crippen LogP contribution is 2.57. The maximum Gasteiger partial charge on any atom is 0.310 e. The Morgan fingerprint density at radius 1 is 1.17 bits per heavy atom. The molecule has 4 aliphatic rings. The number of carboxylic acids is 1. The van der Waals surface area contributed by atoms with E-state index in [0.717, 1.165) is 32.1 Å². The Morgan fingerprint density at radius 2 is 2.00 bits per heavy atom. The SMILES string of the molecule is CC1CC(C(=O)O)(C2CCC3OC3C2)CC2OC12. The smallest absolute Gasteiger partial charge is 0.310 e. The summed E-state index contributed by atoms with van der Waals surface area (Å²) in [5, 5.41) is 9.80. The van der Waals surface area contributed by atoms with Gasteiger partial charge < -0.3 is 14.6 Å². The van der Waals surface area contributed by atoms with E-state index in [2.05, 4.69) is 6.92 Å². The summed E-state index contributed by atoms with van der Waals surface area (Å²) in [4.78, 5) is 11.9. The summed E-state index contributed by atoms with van der Waals surface area (Å²) in [6.07, 6.45) is 5.86. The predicted molar refractivity (Wildman–Crippen MR) is 63.1 cm³/mol. The molecular weight excluding hydrogens is 232 g/mol. The molecule has 4 fully saturated rings. The van der Waals surface area contributed by atoms with Crippen LogP contribution in [0.1, 0.15) is 39.0 Å². The number of carbonyl (C=O) groups is 1. The Balaban J connectivity index is 1.61. The molecule has 2 heterocycles. The van der Waals surface area contributed by atoms with Crippen molar-refractivity contribution in [1.82, 2.24) is 0 Å². The summed E-state index contributed by atoms with van der Waals surface area (Å²) < 4.78 is 11.2. The first-order valence-corrected chi connectivity index (χ1v) is 7.14. The normalized spacial score (nSPS) is 57.4. The number of hydrogen-bond donors (Lipinski definition) is 1. The standard InChI is InChI=1S/C14H20O4/c1-7-5-14(13(15)16,6-11-12(7)18-11)8-2-3-9-10(4-8)17-9/h7-12H,2-6H2,1H3,(H,15,16). The summed E-state index contributed by atoms with van der Waals surface area (Å²) in [5.74, 6) is 0.0662. The molecule has 2 saturated carbocycles. The topological polar surface area (TPSA) is 62.4 Å². The van der Waals surface area contributed by atoms with Crippen LogP contribution >= 0.6 is 0 Å². The number of rotatable bonds is 2. The molecule has 0 aromatic carbocycles. The first kappa shape index (κ1) is 11.2. The highest BCUT2D eigenvalue weighted by molar-refractivity contribution is 5.75. The van der Waals surface area contributed by atoms with Gasteiger partial charge in [0.1, 0.15) is 0 Å². The van der Waals surface area contributed by atoms with E-state index in [9.17, 15) is 9.90 Å². The molecule has 2 aliphatic heterocycles. The number of hydrogen-bond acceptors (Lipinski definition) is 3. The lowest BCUT2D eigenvalue weighted by Crippen LogP contribution is -2.46. The average molecular weight is 252 g/mol. The zero-order chi connectivity index (χ0) is 12.5. The number of aliphatic carboxylic acids is 1. The monoisotopic (exact) mass is 252 g/mol. The van der Waals surface area contributed by atoms with E-state index in [0.29, 0.717) is 24.2 Å². The van der Waals surface area contributed by atoms with Gasteiger partial charge in [-0.25, -0.2) is 0 Å². The van der Waals surface area contributed by atoms with Crippen LogP contribution in [0.15, 0.2) is 0 Å². The number of ether oxygens (including phenoxy) is 2. The molecule has 0 aromatic rings. The summed E-state index contributed by atoms with van der Waals surface area (Å²) >= 11 is 0. The lowest BCUT2D eigenvalue weighted by molar-refractivity contribution is -0.157. The predicted octanol–water partition coefficient (Wildman–Crippen LogP) is 1.82. The lowest BCUT2D eigenvalue weighted by atomic mass is 9.60. The van der Waals surface area contributed by atoms with Gasteiger partial charge in [-0.05, 0) is 43.9 Å². The van der Waals surface area contributed by atoms with Gasteiger partial charge >= 0.3 is 5.97 Å². The van der Waals surface area contributed by atoms with E-state index in [-0.39, 0.29) is 12.0 Å². The molecule has 0 bridgehead atoms. The molecule has 0 aromatic heterocycles. The van der Waals surface area contributed by atoms with Crippen molar-refractivity contribution in [3.05, 3.63) is 0 Å². The van der Waals surface area contributed by atoms with Gasteiger partial charge in [-0.2, -0.15) is 0 Å². The van der Waals surface area contributed by atoms with Gasteiger partial charge in [-0.15, -0.1) is 0 Å². The molecule has 0 spiro atoms. The highest BCUT2D eigenvalue weighted by atomic mass is 16.6. The molecule has 18 heavy (non-hydrogen) atoms. The third kappa shape index (κ3) is 1.48. The van der Waals surface area contributed by atoms with E-state index in [4.69, 9.17) is 9.47 Å². The summed E-state index contributed by atoms with van der Waals surface area (Å²) in [6, 6.07) is 0. The van der Waals surface area contributed by atoms with Crippen LogP contribution in [0.3, 0.4) is 0 Å². The molecule has 0 amide bonds. The fourth-order valence-corrected chi connectivity index (χ4v) is 4.54. The maximum atomic E-state index is 11.9. The summed E-state index contributed by atoms with van der Waals surface area (Å²) in [5.41, 5.74) is -0.548. The Hall–Kier alpha value is -0.610. The molecule has 4 nitrogen and oxygen atoms in total. The number of epoxide rings is 2. The maximum absolute atomic E-state index is 11.9. The van der Waals surface area contributed by atoms with Crippen LogP contribution < -0.4 is 0 Å². The summed E-state index contributed by atoms with van der Waals surface area (Å²) in [7, 11) is 0. The highest BCUT2D eigenvalue weighted by Gasteiger charge is 2.62. The van der Waals surface area contributed by atoms with E-state index >= 15 is 0 Å². The third-order valence-corrected chi connectivity index (χ3v) is 5.65. The van der Waals surface area contributed by atoms with Crippen molar-refractivity contribution >= 4 is 5.97 Å². The quantitative estimate of drug-likeness (QED) is 0.761. The molecule has 2 saturated heterocycles. The van der Waals surface area contributed by atoms with Gasteiger partial charge in [0.15, 0.2) is 0 Å². The number of fused-ring (bicyclic) bond motifs is 2. The van der Waals surface area contributed by atoms with Crippen molar-refractivity contribution in [2.24, 2.45) is 17.3 Å². The second-order valence-electron chi connectivity index (χ2n) is 6.71. The van der Waals surface area contributed by atoms with Crippen LogP contribution in [0, 0.1) is 17.3 Å². The van der Waals surface area contributed by atoms with Gasteiger partial charge in [-0.1, -0.05) is 6.92 Å². The Labute approximate surface area is 107 Å². The van der Waals surface area contributed by atoms with Crippen LogP contribution in [0.25, 0.3) is 0 Å². The number of carboxylic acid groups (broad SMARTS) is 1. The Bertz CT molecular complexity index is 395. The molecule has 1 N–H and O–H groups in total. The largest absolute Gasteiger partial charge is 0.481 e. The second-order valence-corrected chi connectivity index (χ2v) is 6.71. The van der Waals surface area contributed by atoms with Gasteiger partial charge in [0.25, 0.3) is 0 Å². The van der Waals surface area contributed by atoms with Gasteiger partial charge in [-0.3, -0.25) is 4.79 Å². The van der Waals surface area contributed by atoms with Crippen molar-refractivity contribution in [1.29, 1.82) is 0 Å². The first-order chi connectivity index (χ1) is 8.60. The molecular formula is C14H20O4. The third-order valence-electron chi connectivity index (χ3n) is 5.65.